The average molecular weight is 544 g/mol. The molecule has 2 unspecified atom stereocenters. The molecule has 0 radical (unpaired) electrons. The largest absolute Gasteiger partial charge is 0.486 e. The highest BCUT2D eigenvalue weighted by Gasteiger charge is 2.39. The second-order valence-electron chi connectivity index (χ2n) is 10.0. The maximum atomic E-state index is 11.4. The topological polar surface area (TPSA) is 76.8 Å². The first-order chi connectivity index (χ1) is 19.0. The van der Waals surface area contributed by atoms with E-state index in [4.69, 9.17) is 26.1 Å². The number of fused-ring (bicyclic) bond motifs is 2. The van der Waals surface area contributed by atoms with E-state index >= 15 is 0 Å². The molecule has 0 bridgehead atoms. The quantitative estimate of drug-likeness (QED) is 0.277. The van der Waals surface area contributed by atoms with Gasteiger partial charge in [-0.3, -0.25) is 4.90 Å². The Labute approximate surface area is 232 Å². The third-order valence-electron chi connectivity index (χ3n) is 7.51. The normalized spacial score (nSPS) is 18.5. The van der Waals surface area contributed by atoms with Crippen molar-refractivity contribution in [2.75, 3.05) is 13.2 Å². The lowest BCUT2D eigenvalue weighted by Crippen LogP contribution is -2.40. The zero-order valence-corrected chi connectivity index (χ0v) is 22.5. The van der Waals surface area contributed by atoms with Crippen LogP contribution in [0.5, 0.6) is 11.5 Å². The second-order valence-corrected chi connectivity index (χ2v) is 10.4. The molecule has 3 aromatic carbocycles. The van der Waals surface area contributed by atoms with Gasteiger partial charge in [-0.2, -0.15) is 0 Å². The first-order valence-electron chi connectivity index (χ1n) is 13.3. The van der Waals surface area contributed by atoms with Gasteiger partial charge in [0.25, 0.3) is 0 Å². The van der Waals surface area contributed by atoms with E-state index in [0.29, 0.717) is 31.5 Å². The molecule has 200 valence electrons. The van der Waals surface area contributed by atoms with E-state index in [1.165, 1.54) is 0 Å². The first kappa shape index (κ1) is 25.5. The van der Waals surface area contributed by atoms with Crippen LogP contribution >= 0.6 is 11.6 Å². The molecule has 0 saturated heterocycles. The minimum atomic E-state index is -0.930. The Morgan fingerprint density at radius 3 is 2.49 bits per heavy atom. The molecule has 6 rings (SSSR count). The summed E-state index contributed by atoms with van der Waals surface area (Å²) < 4.78 is 14.1. The Kier molecular flexibility index (Phi) is 7.02. The number of rotatable bonds is 7. The van der Waals surface area contributed by atoms with Gasteiger partial charge in [0.2, 0.25) is 0 Å². The minimum absolute atomic E-state index is 0.000144. The summed E-state index contributed by atoms with van der Waals surface area (Å²) in [5.41, 5.74) is 4.47. The SMILES string of the molecule is CCCC1C(c2ccc3c(c2)OCCO3)N(Cc2ccc(C(=O)O)cc2)Cc2c(Cl)nc(-c3ccccc3)n21. The fourth-order valence-corrected chi connectivity index (χ4v) is 6.04. The van der Waals surface area contributed by atoms with Crippen molar-refractivity contribution < 1.29 is 19.4 Å². The summed E-state index contributed by atoms with van der Waals surface area (Å²) in [6.07, 6.45) is 1.91. The lowest BCUT2D eigenvalue weighted by Gasteiger charge is -2.44. The highest BCUT2D eigenvalue weighted by molar-refractivity contribution is 6.30. The number of imidazole rings is 1. The van der Waals surface area contributed by atoms with Gasteiger partial charge in [-0.15, -0.1) is 0 Å². The molecule has 2 aliphatic heterocycles. The number of carboxylic acid groups (broad SMARTS) is 1. The van der Waals surface area contributed by atoms with Crippen molar-refractivity contribution in [3.8, 4) is 22.9 Å². The molecule has 4 aromatic rings. The van der Waals surface area contributed by atoms with Crippen molar-refractivity contribution in [3.05, 3.63) is 100 Å². The molecule has 2 atom stereocenters. The molecule has 0 amide bonds. The third-order valence-corrected chi connectivity index (χ3v) is 7.82. The number of carboxylic acids is 1. The molecule has 0 spiro atoms. The lowest BCUT2D eigenvalue weighted by atomic mass is 9.90. The standard InChI is InChI=1S/C31H30ClN3O4/c1-2-6-24-28(23-13-14-26-27(17-23)39-16-15-38-26)34(18-20-9-11-22(12-10-20)31(36)37)19-25-29(32)33-30(35(24)25)21-7-4-3-5-8-21/h3-5,7-14,17,24,28H,2,6,15-16,18-19H2,1H3,(H,36,37). The smallest absolute Gasteiger partial charge is 0.335 e. The molecule has 3 heterocycles. The Morgan fingerprint density at radius 1 is 1.03 bits per heavy atom. The van der Waals surface area contributed by atoms with Crippen molar-refractivity contribution in [1.29, 1.82) is 0 Å². The number of aromatic nitrogens is 2. The predicted molar refractivity (Wildman–Crippen MR) is 149 cm³/mol. The number of ether oxygens (including phenoxy) is 2. The maximum absolute atomic E-state index is 11.4. The Balaban J connectivity index is 1.48. The van der Waals surface area contributed by atoms with Crippen LogP contribution in [0.15, 0.2) is 72.8 Å². The van der Waals surface area contributed by atoms with E-state index < -0.39 is 5.97 Å². The number of halogens is 1. The van der Waals surface area contributed by atoms with Gasteiger partial charge in [0.1, 0.15) is 19.0 Å². The van der Waals surface area contributed by atoms with Crippen molar-refractivity contribution in [2.24, 2.45) is 0 Å². The van der Waals surface area contributed by atoms with Crippen LogP contribution in [0.3, 0.4) is 0 Å². The van der Waals surface area contributed by atoms with Gasteiger partial charge >= 0.3 is 5.97 Å². The van der Waals surface area contributed by atoms with E-state index in [0.717, 1.165) is 52.5 Å². The van der Waals surface area contributed by atoms with Gasteiger partial charge in [-0.25, -0.2) is 9.78 Å². The molecule has 0 saturated carbocycles. The van der Waals surface area contributed by atoms with Crippen molar-refractivity contribution in [3.63, 3.8) is 0 Å². The fourth-order valence-electron chi connectivity index (χ4n) is 5.80. The Morgan fingerprint density at radius 2 is 1.77 bits per heavy atom. The summed E-state index contributed by atoms with van der Waals surface area (Å²) in [6, 6.07) is 23.6. The first-order valence-corrected chi connectivity index (χ1v) is 13.7. The molecule has 39 heavy (non-hydrogen) atoms. The van der Waals surface area contributed by atoms with E-state index in [1.54, 1.807) is 12.1 Å². The summed E-state index contributed by atoms with van der Waals surface area (Å²) in [4.78, 5) is 18.7. The third kappa shape index (κ3) is 4.88. The van der Waals surface area contributed by atoms with Crippen molar-refractivity contribution >= 4 is 17.6 Å². The van der Waals surface area contributed by atoms with Gasteiger partial charge in [0.15, 0.2) is 16.7 Å². The monoisotopic (exact) mass is 543 g/mol. The van der Waals surface area contributed by atoms with E-state index in [2.05, 4.69) is 40.7 Å². The molecule has 1 aromatic heterocycles. The molecular weight excluding hydrogens is 514 g/mol. The van der Waals surface area contributed by atoms with E-state index in [-0.39, 0.29) is 17.6 Å². The zero-order valence-electron chi connectivity index (χ0n) is 21.7. The van der Waals surface area contributed by atoms with Crippen LogP contribution in [0.2, 0.25) is 5.15 Å². The van der Waals surface area contributed by atoms with Crippen molar-refractivity contribution in [2.45, 2.75) is 44.9 Å². The molecule has 8 heteroatoms. The van der Waals surface area contributed by atoms with Crippen LogP contribution in [0, 0.1) is 0 Å². The van der Waals surface area contributed by atoms with Gasteiger partial charge in [-0.05, 0) is 41.8 Å². The van der Waals surface area contributed by atoms with Crippen LogP contribution in [-0.4, -0.2) is 38.7 Å². The molecule has 0 aliphatic carbocycles. The number of hydrogen-bond donors (Lipinski definition) is 1. The van der Waals surface area contributed by atoms with Crippen LogP contribution in [-0.2, 0) is 13.1 Å². The predicted octanol–water partition coefficient (Wildman–Crippen LogP) is 6.77. The van der Waals surface area contributed by atoms with Crippen LogP contribution in [0.4, 0.5) is 0 Å². The number of aromatic carboxylic acids is 1. The molecule has 7 nitrogen and oxygen atoms in total. The van der Waals surface area contributed by atoms with Crippen LogP contribution in [0.1, 0.15) is 59.0 Å². The summed E-state index contributed by atoms with van der Waals surface area (Å²) in [6.45, 7) is 4.49. The summed E-state index contributed by atoms with van der Waals surface area (Å²) in [5, 5.41) is 9.87. The molecular formula is C31H30ClN3O4. The Bertz CT molecular complexity index is 1490. The summed E-state index contributed by atoms with van der Waals surface area (Å²) in [5.74, 6) is 1.47. The van der Waals surface area contributed by atoms with E-state index in [9.17, 15) is 9.90 Å². The maximum Gasteiger partial charge on any atom is 0.335 e. The van der Waals surface area contributed by atoms with Crippen LogP contribution in [0.25, 0.3) is 11.4 Å². The number of benzene rings is 3. The molecule has 1 N–H and O–H groups in total. The molecule has 2 aliphatic rings. The van der Waals surface area contributed by atoms with Gasteiger partial charge in [-0.1, -0.05) is 73.5 Å². The minimum Gasteiger partial charge on any atom is -0.486 e. The second kappa shape index (κ2) is 10.8. The zero-order chi connectivity index (χ0) is 26.9. The lowest BCUT2D eigenvalue weighted by molar-refractivity contribution is 0.0696. The van der Waals surface area contributed by atoms with Gasteiger partial charge in [0.05, 0.1) is 23.3 Å². The van der Waals surface area contributed by atoms with Crippen molar-refractivity contribution in [1.82, 2.24) is 14.5 Å². The molecule has 0 fully saturated rings. The van der Waals surface area contributed by atoms with E-state index in [1.807, 2.05) is 36.4 Å². The fraction of sp³-hybridized carbons (Fsp3) is 0.290. The highest BCUT2D eigenvalue weighted by Crippen LogP contribution is 2.47. The van der Waals surface area contributed by atoms with Gasteiger partial charge < -0.3 is 19.1 Å². The van der Waals surface area contributed by atoms with Gasteiger partial charge in [0, 0.05) is 18.7 Å². The summed E-state index contributed by atoms with van der Waals surface area (Å²) in [7, 11) is 0. The average Bonchev–Trinajstić information content (AvgIpc) is 3.29. The Hall–Kier alpha value is -3.81. The summed E-state index contributed by atoms with van der Waals surface area (Å²) >= 11 is 6.83. The van der Waals surface area contributed by atoms with Crippen LogP contribution < -0.4 is 9.47 Å². The number of hydrogen-bond acceptors (Lipinski definition) is 5. The highest BCUT2D eigenvalue weighted by atomic mass is 35.5. The number of nitrogens with zero attached hydrogens (tertiary/aromatic N) is 3. The number of carbonyl (C=O) groups is 1.